The van der Waals surface area contributed by atoms with E-state index in [0.717, 1.165) is 5.56 Å². The standard InChI is InChI=1S/C19H22N2O5S/c1-12-10-19(13(2)9-18(12)25-4)27(23,24)20-15-5-6-17-16(11-15)21(14(3)22)7-8-26-17/h5-6,9-11,20H,7-8H2,1-4H3. The normalized spacial score (nSPS) is 13.6. The highest BCUT2D eigenvalue weighted by Gasteiger charge is 2.24. The molecule has 2 aromatic carbocycles. The number of methoxy groups -OCH3 is 1. The van der Waals surface area contributed by atoms with Crippen molar-refractivity contribution in [2.24, 2.45) is 0 Å². The molecule has 0 radical (unpaired) electrons. The lowest BCUT2D eigenvalue weighted by atomic mass is 10.1. The maximum Gasteiger partial charge on any atom is 0.262 e. The summed E-state index contributed by atoms with van der Waals surface area (Å²) in [6, 6.07) is 8.17. The van der Waals surface area contributed by atoms with Gasteiger partial charge in [0.2, 0.25) is 5.91 Å². The van der Waals surface area contributed by atoms with Crippen molar-refractivity contribution in [2.45, 2.75) is 25.7 Å². The van der Waals surface area contributed by atoms with Gasteiger partial charge in [0.15, 0.2) is 0 Å². The number of anilines is 2. The van der Waals surface area contributed by atoms with E-state index < -0.39 is 10.0 Å². The van der Waals surface area contributed by atoms with Crippen LogP contribution in [0.25, 0.3) is 0 Å². The zero-order valence-corrected chi connectivity index (χ0v) is 16.5. The molecule has 1 amide bonds. The third-order valence-corrected chi connectivity index (χ3v) is 5.96. The van der Waals surface area contributed by atoms with Gasteiger partial charge in [-0.15, -0.1) is 0 Å². The van der Waals surface area contributed by atoms with Crippen LogP contribution in [0.4, 0.5) is 11.4 Å². The van der Waals surface area contributed by atoms with Crippen LogP contribution >= 0.6 is 0 Å². The van der Waals surface area contributed by atoms with E-state index in [4.69, 9.17) is 9.47 Å². The number of aryl methyl sites for hydroxylation is 2. The summed E-state index contributed by atoms with van der Waals surface area (Å²) in [7, 11) is -2.26. The van der Waals surface area contributed by atoms with Crippen molar-refractivity contribution in [1.82, 2.24) is 0 Å². The van der Waals surface area contributed by atoms with Crippen LogP contribution in [0.3, 0.4) is 0 Å². The minimum absolute atomic E-state index is 0.124. The molecule has 0 spiro atoms. The summed E-state index contributed by atoms with van der Waals surface area (Å²) in [6.07, 6.45) is 0. The molecule has 1 aliphatic heterocycles. The van der Waals surface area contributed by atoms with Crippen molar-refractivity contribution < 1.29 is 22.7 Å². The van der Waals surface area contributed by atoms with E-state index in [1.807, 2.05) is 0 Å². The quantitative estimate of drug-likeness (QED) is 0.868. The molecule has 144 valence electrons. The number of nitrogens with one attached hydrogen (secondary N) is 1. The Hall–Kier alpha value is -2.74. The Bertz CT molecular complexity index is 1000. The Labute approximate surface area is 158 Å². The zero-order chi connectivity index (χ0) is 19.8. The van der Waals surface area contributed by atoms with Crippen LogP contribution in [0.15, 0.2) is 35.2 Å². The molecule has 27 heavy (non-hydrogen) atoms. The third-order valence-electron chi connectivity index (χ3n) is 4.44. The van der Waals surface area contributed by atoms with Gasteiger partial charge in [0, 0.05) is 6.92 Å². The van der Waals surface area contributed by atoms with Gasteiger partial charge >= 0.3 is 0 Å². The van der Waals surface area contributed by atoms with Gasteiger partial charge in [-0.3, -0.25) is 9.52 Å². The Balaban J connectivity index is 1.97. The first kappa shape index (κ1) is 19.0. The van der Waals surface area contributed by atoms with Crippen molar-refractivity contribution in [3.63, 3.8) is 0 Å². The number of rotatable bonds is 4. The molecule has 1 N–H and O–H groups in total. The van der Waals surface area contributed by atoms with Gasteiger partial charge in [0.25, 0.3) is 10.0 Å². The van der Waals surface area contributed by atoms with Gasteiger partial charge < -0.3 is 14.4 Å². The van der Waals surface area contributed by atoms with Crippen LogP contribution in [0.2, 0.25) is 0 Å². The first-order chi connectivity index (χ1) is 12.7. The van der Waals surface area contributed by atoms with Gasteiger partial charge in [-0.2, -0.15) is 0 Å². The number of fused-ring (bicyclic) bond motifs is 1. The number of carbonyl (C=O) groups excluding carboxylic acids is 1. The molecular formula is C19H22N2O5S. The molecule has 0 saturated carbocycles. The second-order valence-electron chi connectivity index (χ2n) is 6.39. The fourth-order valence-electron chi connectivity index (χ4n) is 3.09. The Kier molecular flexibility index (Phi) is 5.01. The molecule has 0 fully saturated rings. The minimum Gasteiger partial charge on any atom is -0.496 e. The number of nitrogens with zero attached hydrogens (tertiary/aromatic N) is 1. The number of amides is 1. The van der Waals surface area contributed by atoms with E-state index in [-0.39, 0.29) is 10.8 Å². The van der Waals surface area contributed by atoms with E-state index in [9.17, 15) is 13.2 Å². The third kappa shape index (κ3) is 3.71. The predicted octanol–water partition coefficient (Wildman–Crippen LogP) is 2.86. The highest BCUT2D eigenvalue weighted by Crippen LogP contribution is 2.35. The molecule has 8 heteroatoms. The first-order valence-corrected chi connectivity index (χ1v) is 9.94. The molecule has 2 aromatic rings. The average Bonchev–Trinajstić information content (AvgIpc) is 2.62. The zero-order valence-electron chi connectivity index (χ0n) is 15.7. The van der Waals surface area contributed by atoms with Crippen molar-refractivity contribution in [2.75, 3.05) is 29.9 Å². The van der Waals surface area contributed by atoms with Crippen LogP contribution in [-0.4, -0.2) is 34.6 Å². The van der Waals surface area contributed by atoms with E-state index in [1.165, 1.54) is 6.92 Å². The molecule has 7 nitrogen and oxygen atoms in total. The molecular weight excluding hydrogens is 368 g/mol. The number of hydrogen-bond donors (Lipinski definition) is 1. The summed E-state index contributed by atoms with van der Waals surface area (Å²) in [5, 5.41) is 0. The molecule has 1 aliphatic rings. The number of benzene rings is 2. The summed E-state index contributed by atoms with van der Waals surface area (Å²) in [5.74, 6) is 1.06. The summed E-state index contributed by atoms with van der Waals surface area (Å²) in [5.41, 5.74) is 2.22. The average molecular weight is 390 g/mol. The lowest BCUT2D eigenvalue weighted by Gasteiger charge is -2.29. The van der Waals surface area contributed by atoms with E-state index in [1.54, 1.807) is 56.2 Å². The van der Waals surface area contributed by atoms with Crippen molar-refractivity contribution in [3.8, 4) is 11.5 Å². The number of sulfonamides is 1. The molecule has 0 saturated heterocycles. The van der Waals surface area contributed by atoms with Crippen LogP contribution in [0.1, 0.15) is 18.1 Å². The lowest BCUT2D eigenvalue weighted by Crippen LogP contribution is -2.36. The van der Waals surface area contributed by atoms with Crippen molar-refractivity contribution in [1.29, 1.82) is 0 Å². The van der Waals surface area contributed by atoms with Gasteiger partial charge in [-0.1, -0.05) is 0 Å². The van der Waals surface area contributed by atoms with Gasteiger partial charge in [-0.05, 0) is 55.3 Å². The van der Waals surface area contributed by atoms with Crippen LogP contribution in [0, 0.1) is 13.8 Å². The first-order valence-electron chi connectivity index (χ1n) is 8.46. The predicted molar refractivity (Wildman–Crippen MR) is 103 cm³/mol. The molecule has 0 aliphatic carbocycles. The van der Waals surface area contributed by atoms with Crippen LogP contribution < -0.4 is 19.1 Å². The van der Waals surface area contributed by atoms with E-state index in [0.29, 0.717) is 41.6 Å². The second kappa shape index (κ2) is 7.11. The fourth-order valence-corrected chi connectivity index (χ4v) is 4.45. The van der Waals surface area contributed by atoms with Gasteiger partial charge in [-0.25, -0.2) is 8.42 Å². The molecule has 0 unspecified atom stereocenters. The maximum absolute atomic E-state index is 12.9. The largest absolute Gasteiger partial charge is 0.496 e. The van der Waals surface area contributed by atoms with Crippen molar-refractivity contribution >= 4 is 27.3 Å². The fraction of sp³-hybridized carbons (Fsp3) is 0.316. The summed E-state index contributed by atoms with van der Waals surface area (Å²) >= 11 is 0. The van der Waals surface area contributed by atoms with Crippen LogP contribution in [0.5, 0.6) is 11.5 Å². The number of carbonyl (C=O) groups is 1. The highest BCUT2D eigenvalue weighted by molar-refractivity contribution is 7.92. The molecule has 0 bridgehead atoms. The summed E-state index contributed by atoms with van der Waals surface area (Å²) < 4.78 is 39.2. The number of hydrogen-bond acceptors (Lipinski definition) is 5. The minimum atomic E-state index is -3.81. The van der Waals surface area contributed by atoms with Crippen LogP contribution in [-0.2, 0) is 14.8 Å². The van der Waals surface area contributed by atoms with Crippen molar-refractivity contribution in [3.05, 3.63) is 41.5 Å². The molecule has 0 aromatic heterocycles. The Morgan fingerprint density at radius 2 is 1.93 bits per heavy atom. The number of ether oxygens (including phenoxy) is 2. The molecule has 0 atom stereocenters. The highest BCUT2D eigenvalue weighted by atomic mass is 32.2. The molecule has 1 heterocycles. The van der Waals surface area contributed by atoms with E-state index in [2.05, 4.69) is 4.72 Å². The van der Waals surface area contributed by atoms with Gasteiger partial charge in [0.1, 0.15) is 18.1 Å². The Morgan fingerprint density at radius 1 is 1.19 bits per heavy atom. The monoisotopic (exact) mass is 390 g/mol. The molecule has 3 rings (SSSR count). The lowest BCUT2D eigenvalue weighted by molar-refractivity contribution is -0.116. The SMILES string of the molecule is COc1cc(C)c(S(=O)(=O)Nc2ccc3c(c2)N(C(C)=O)CCO3)cc1C. The second-order valence-corrected chi connectivity index (χ2v) is 8.05. The van der Waals surface area contributed by atoms with Gasteiger partial charge in [0.05, 0.1) is 29.9 Å². The maximum atomic E-state index is 12.9. The van der Waals surface area contributed by atoms with E-state index >= 15 is 0 Å². The summed E-state index contributed by atoms with van der Waals surface area (Å²) in [4.78, 5) is 13.6. The smallest absolute Gasteiger partial charge is 0.262 e. The Morgan fingerprint density at radius 3 is 2.59 bits per heavy atom. The summed E-state index contributed by atoms with van der Waals surface area (Å²) in [6.45, 7) is 5.81. The topological polar surface area (TPSA) is 84.9 Å².